The summed E-state index contributed by atoms with van der Waals surface area (Å²) in [7, 11) is 3.36. The number of aliphatic hydroxyl groups excluding tert-OH is 2. The van der Waals surface area contributed by atoms with E-state index in [1.54, 1.807) is 46.1 Å². The first-order valence-electron chi connectivity index (χ1n) is 17.2. The Kier molecular flexibility index (Phi) is 26.4. The number of allylic oxidation sites excluding steroid dienone is 12. The van der Waals surface area contributed by atoms with Crippen LogP contribution in [0.4, 0.5) is 0 Å². The predicted octanol–water partition coefficient (Wildman–Crippen LogP) is 7.97. The van der Waals surface area contributed by atoms with Gasteiger partial charge in [-0.25, -0.2) is 0 Å². The highest BCUT2D eigenvalue weighted by Gasteiger charge is 2.33. The quantitative estimate of drug-likeness (QED) is 0.0302. The molecule has 9 heteroatoms. The lowest BCUT2D eigenvalue weighted by Crippen LogP contribution is -2.44. The van der Waals surface area contributed by atoms with Gasteiger partial charge in [-0.1, -0.05) is 101 Å². The van der Waals surface area contributed by atoms with Crippen molar-refractivity contribution in [3.05, 3.63) is 103 Å². The van der Waals surface area contributed by atoms with Gasteiger partial charge in [0.05, 0.1) is 19.3 Å². The van der Waals surface area contributed by atoms with Crippen LogP contribution in [0.5, 0.6) is 0 Å². The molecule has 0 bridgehead atoms. The van der Waals surface area contributed by atoms with Crippen molar-refractivity contribution in [2.75, 3.05) is 32.1 Å². The highest BCUT2D eigenvalue weighted by molar-refractivity contribution is 8.77. The minimum absolute atomic E-state index is 0.0114. The van der Waals surface area contributed by atoms with Gasteiger partial charge in [-0.3, -0.25) is 14.6 Å². The third kappa shape index (κ3) is 22.8. The average Bonchev–Trinajstić information content (AvgIpc) is 3.09. The number of carbonyl (C=O) groups excluding carboxylic acids is 2. The van der Waals surface area contributed by atoms with Gasteiger partial charge in [0, 0.05) is 54.4 Å². The van der Waals surface area contributed by atoms with E-state index in [2.05, 4.69) is 109 Å². The van der Waals surface area contributed by atoms with Gasteiger partial charge in [-0.2, -0.15) is 0 Å². The second-order valence-corrected chi connectivity index (χ2v) is 14.9. The Balaban J connectivity index is 2.25. The molecule has 0 saturated carbocycles. The van der Waals surface area contributed by atoms with E-state index in [0.717, 1.165) is 44.3 Å². The number of hydrogen-bond donors (Lipinski definition) is 4. The van der Waals surface area contributed by atoms with Crippen molar-refractivity contribution in [2.45, 2.75) is 89.3 Å². The van der Waals surface area contributed by atoms with Gasteiger partial charge in [0.15, 0.2) is 5.78 Å². The molecule has 0 radical (unpaired) electrons. The van der Waals surface area contributed by atoms with E-state index >= 15 is 0 Å². The Morgan fingerprint density at radius 1 is 0.875 bits per heavy atom. The van der Waals surface area contributed by atoms with Crippen LogP contribution in [0.25, 0.3) is 0 Å². The Morgan fingerprint density at radius 2 is 1.44 bits per heavy atom. The molecule has 1 amide bonds. The van der Waals surface area contributed by atoms with Crippen molar-refractivity contribution in [1.82, 2.24) is 15.6 Å². The molecule has 0 fully saturated rings. The lowest BCUT2D eigenvalue weighted by Gasteiger charge is -2.34. The molecule has 0 unspecified atom stereocenters. The van der Waals surface area contributed by atoms with Crippen LogP contribution in [0, 0.1) is 5.92 Å². The lowest BCUT2D eigenvalue weighted by atomic mass is 9.88. The Bertz CT molecular complexity index is 1160. The molecule has 0 aliphatic heterocycles. The van der Waals surface area contributed by atoms with Crippen LogP contribution in [-0.2, 0) is 4.79 Å². The summed E-state index contributed by atoms with van der Waals surface area (Å²) < 4.78 is -0.287. The average molecular weight is 698 g/mol. The first-order valence-corrected chi connectivity index (χ1v) is 19.5. The summed E-state index contributed by atoms with van der Waals surface area (Å²) >= 11 is 0. The summed E-state index contributed by atoms with van der Waals surface area (Å²) in [5, 5.41) is 25.1. The molecule has 48 heavy (non-hydrogen) atoms. The Morgan fingerprint density at radius 3 is 1.96 bits per heavy atom. The van der Waals surface area contributed by atoms with Crippen molar-refractivity contribution in [2.24, 2.45) is 5.92 Å². The molecule has 4 N–H and O–H groups in total. The SMILES string of the molecule is CC/C=C\C/C=C\C/C=C\C/C=C\C/C=C\C/C=C\CCC(=O)NCCSSC(C)(C)[C@@H](CNC(CO)CO)CC(=O)c1cccnc1. The first kappa shape index (κ1) is 43.3. The molecule has 1 atom stereocenters. The van der Waals surface area contributed by atoms with Gasteiger partial charge in [-0.15, -0.1) is 0 Å². The molecular weight excluding hydrogens is 639 g/mol. The number of rotatable bonds is 28. The molecule has 0 saturated heterocycles. The van der Waals surface area contributed by atoms with Crippen molar-refractivity contribution < 1.29 is 19.8 Å². The number of aliphatic hydroxyl groups is 2. The fourth-order valence-corrected chi connectivity index (χ4v) is 7.06. The van der Waals surface area contributed by atoms with E-state index in [0.29, 0.717) is 37.9 Å². The number of hydrogen-bond acceptors (Lipinski definition) is 8. The monoisotopic (exact) mass is 697 g/mol. The summed E-state index contributed by atoms with van der Waals surface area (Å²) in [6.45, 7) is 7.05. The summed E-state index contributed by atoms with van der Waals surface area (Å²) in [5.74, 6) is 0.742. The molecule has 0 spiro atoms. The number of ketones is 1. The summed E-state index contributed by atoms with van der Waals surface area (Å²) in [6, 6.07) is 3.09. The number of nitrogens with one attached hydrogen (secondary N) is 2. The molecule has 1 aromatic rings. The molecule has 0 aliphatic rings. The van der Waals surface area contributed by atoms with Gasteiger partial charge >= 0.3 is 0 Å². The molecular formula is C39H59N3O4S2. The first-order chi connectivity index (χ1) is 23.3. The van der Waals surface area contributed by atoms with Crippen LogP contribution in [0.1, 0.15) is 88.9 Å². The van der Waals surface area contributed by atoms with Gasteiger partial charge in [0.2, 0.25) is 5.91 Å². The van der Waals surface area contributed by atoms with E-state index in [9.17, 15) is 19.8 Å². The number of nitrogens with zero attached hydrogens (tertiary/aromatic N) is 1. The molecule has 266 valence electrons. The number of pyridine rings is 1. The molecule has 1 aromatic heterocycles. The zero-order valence-electron chi connectivity index (χ0n) is 29.3. The van der Waals surface area contributed by atoms with Crippen molar-refractivity contribution in [3.8, 4) is 0 Å². The minimum Gasteiger partial charge on any atom is -0.395 e. The van der Waals surface area contributed by atoms with Crippen molar-refractivity contribution in [1.29, 1.82) is 0 Å². The van der Waals surface area contributed by atoms with E-state index in [4.69, 9.17) is 0 Å². The standard InChI is InChI=1S/C39H59N3O4S2/c1-4-5-6-7-8-9-10-11-12-13-14-15-16-17-18-19-20-21-22-25-38(46)41-27-28-47-48-39(2,3)35(31-42-36(32-43)33-44)29-37(45)34-24-23-26-40-30-34/h5-6,8-9,11-12,14-15,17-18,20-21,23-24,26,30,35-36,42-44H,4,7,10,13,16,19,22,25,27-29,31-33H2,1-3H3,(H,41,46)/b6-5-,9-8-,12-11-,15-14-,18-17-,21-20-/t35-/m1/s1. The van der Waals surface area contributed by atoms with Crippen LogP contribution in [0.2, 0.25) is 0 Å². The van der Waals surface area contributed by atoms with E-state index in [1.165, 1.54) is 0 Å². The predicted molar refractivity (Wildman–Crippen MR) is 207 cm³/mol. The molecule has 0 aliphatic carbocycles. The number of carbonyl (C=O) groups is 2. The van der Waals surface area contributed by atoms with E-state index in [-0.39, 0.29) is 35.6 Å². The normalized spacial score (nSPS) is 13.5. The minimum atomic E-state index is -0.433. The van der Waals surface area contributed by atoms with Crippen LogP contribution < -0.4 is 10.6 Å². The van der Waals surface area contributed by atoms with Crippen LogP contribution >= 0.6 is 21.6 Å². The highest BCUT2D eigenvalue weighted by atomic mass is 33.1. The van der Waals surface area contributed by atoms with Crippen molar-refractivity contribution >= 4 is 33.3 Å². The number of amides is 1. The number of Topliss-reactive ketones (excluding diaryl/α,β-unsaturated/α-hetero) is 1. The van der Waals surface area contributed by atoms with Gasteiger partial charge < -0.3 is 20.8 Å². The second-order valence-electron chi connectivity index (χ2n) is 11.8. The third-order valence-corrected chi connectivity index (χ3v) is 10.8. The maximum Gasteiger partial charge on any atom is 0.220 e. The summed E-state index contributed by atoms with van der Waals surface area (Å²) in [5.41, 5.74) is 0.573. The van der Waals surface area contributed by atoms with E-state index in [1.807, 2.05) is 0 Å². The van der Waals surface area contributed by atoms with Crippen molar-refractivity contribution in [3.63, 3.8) is 0 Å². The molecule has 1 heterocycles. The van der Waals surface area contributed by atoms with E-state index < -0.39 is 6.04 Å². The Labute approximate surface area is 298 Å². The zero-order chi connectivity index (χ0) is 35.1. The summed E-state index contributed by atoms with van der Waals surface area (Å²) in [6.07, 6.45) is 36.6. The van der Waals surface area contributed by atoms with Gasteiger partial charge in [0.25, 0.3) is 0 Å². The largest absolute Gasteiger partial charge is 0.395 e. The highest BCUT2D eigenvalue weighted by Crippen LogP contribution is 2.42. The summed E-state index contributed by atoms with van der Waals surface area (Å²) in [4.78, 5) is 29.3. The van der Waals surface area contributed by atoms with Crippen LogP contribution in [0.3, 0.4) is 0 Å². The molecule has 0 aromatic carbocycles. The fourth-order valence-electron chi connectivity index (χ4n) is 4.36. The Hall–Kier alpha value is -2.69. The van der Waals surface area contributed by atoms with Gasteiger partial charge in [-0.05, 0) is 76.8 Å². The molecule has 1 rings (SSSR count). The maximum absolute atomic E-state index is 13.0. The fraction of sp³-hybridized carbons (Fsp3) is 0.513. The number of aromatic nitrogens is 1. The van der Waals surface area contributed by atoms with Crippen LogP contribution in [-0.4, -0.2) is 69.7 Å². The van der Waals surface area contributed by atoms with Crippen LogP contribution in [0.15, 0.2) is 97.4 Å². The second kappa shape index (κ2) is 29.2. The zero-order valence-corrected chi connectivity index (χ0v) is 30.9. The maximum atomic E-state index is 13.0. The topological polar surface area (TPSA) is 112 Å². The third-order valence-electron chi connectivity index (χ3n) is 7.41. The lowest BCUT2D eigenvalue weighted by molar-refractivity contribution is -0.120. The molecule has 7 nitrogen and oxygen atoms in total. The van der Waals surface area contributed by atoms with Gasteiger partial charge in [0.1, 0.15) is 0 Å². The smallest absolute Gasteiger partial charge is 0.220 e.